The highest BCUT2D eigenvalue weighted by Crippen LogP contribution is 2.37. The van der Waals surface area contributed by atoms with Crippen LogP contribution in [0.25, 0.3) is 0 Å². The molecular weight excluding hydrogens is 376 g/mol. The van der Waals surface area contributed by atoms with E-state index < -0.39 is 6.10 Å². The molecule has 0 unspecified atom stereocenters. The molecule has 2 aromatic rings. The Morgan fingerprint density at radius 1 is 1.17 bits per heavy atom. The van der Waals surface area contributed by atoms with Crippen LogP contribution in [-0.2, 0) is 16.0 Å². The fraction of sp³-hybridized carbons (Fsp3) is 0.440. The van der Waals surface area contributed by atoms with E-state index in [4.69, 9.17) is 4.74 Å². The van der Waals surface area contributed by atoms with Crippen LogP contribution < -0.4 is 10.1 Å². The Balaban J connectivity index is 1.64. The van der Waals surface area contributed by atoms with Crippen molar-refractivity contribution in [2.75, 3.05) is 6.54 Å². The van der Waals surface area contributed by atoms with Gasteiger partial charge in [0.1, 0.15) is 5.75 Å². The second-order valence-electron chi connectivity index (χ2n) is 8.41. The standard InChI is InChI=1S/C25H30N2O3/c1-4-23(28)27-14-13-18-9-12-21(30-17(3)25(29)26-20-10-11-20)15-22(18)24(27)19-7-5-16(2)6-8-19/h5-9,12,15,17,20,24H,4,10-11,13-14H2,1-3H3,(H,26,29)/t17-,24-/m1/s1. The van der Waals surface area contributed by atoms with Crippen LogP contribution in [0, 0.1) is 6.92 Å². The Kier molecular flexibility index (Phi) is 5.80. The zero-order chi connectivity index (χ0) is 21.3. The van der Waals surface area contributed by atoms with Crippen LogP contribution >= 0.6 is 0 Å². The number of rotatable bonds is 6. The van der Waals surface area contributed by atoms with Gasteiger partial charge >= 0.3 is 0 Å². The first kappa shape index (κ1) is 20.5. The largest absolute Gasteiger partial charge is 0.481 e. The average molecular weight is 407 g/mol. The summed E-state index contributed by atoms with van der Waals surface area (Å²) in [6.45, 7) is 6.46. The summed E-state index contributed by atoms with van der Waals surface area (Å²) in [6.07, 6.45) is 2.85. The number of amides is 2. The molecule has 30 heavy (non-hydrogen) atoms. The number of ether oxygens (including phenoxy) is 1. The van der Waals surface area contributed by atoms with E-state index in [1.54, 1.807) is 6.92 Å². The molecule has 1 heterocycles. The zero-order valence-corrected chi connectivity index (χ0v) is 18.0. The molecule has 1 aliphatic heterocycles. The molecule has 0 radical (unpaired) electrons. The number of hydrogen-bond donors (Lipinski definition) is 1. The van der Waals surface area contributed by atoms with Gasteiger partial charge in [0, 0.05) is 19.0 Å². The molecule has 0 saturated heterocycles. The molecule has 0 bridgehead atoms. The van der Waals surface area contributed by atoms with Crippen molar-refractivity contribution in [1.29, 1.82) is 0 Å². The maximum atomic E-state index is 12.7. The van der Waals surface area contributed by atoms with Gasteiger partial charge < -0.3 is 15.0 Å². The Bertz CT molecular complexity index is 934. The Morgan fingerprint density at radius 3 is 2.57 bits per heavy atom. The maximum absolute atomic E-state index is 12.7. The second kappa shape index (κ2) is 8.50. The van der Waals surface area contributed by atoms with Crippen molar-refractivity contribution < 1.29 is 14.3 Å². The summed E-state index contributed by atoms with van der Waals surface area (Å²) in [4.78, 5) is 27.0. The Labute approximate surface area is 178 Å². The van der Waals surface area contributed by atoms with Gasteiger partial charge in [0.25, 0.3) is 5.91 Å². The molecule has 1 aliphatic carbocycles. The lowest BCUT2D eigenvalue weighted by Crippen LogP contribution is -2.40. The van der Waals surface area contributed by atoms with E-state index in [0.29, 0.717) is 24.8 Å². The van der Waals surface area contributed by atoms with Crippen LogP contribution in [0.4, 0.5) is 0 Å². The van der Waals surface area contributed by atoms with Crippen LogP contribution in [-0.4, -0.2) is 35.4 Å². The van der Waals surface area contributed by atoms with E-state index in [9.17, 15) is 9.59 Å². The minimum atomic E-state index is -0.557. The minimum absolute atomic E-state index is 0.0758. The van der Waals surface area contributed by atoms with E-state index in [1.807, 2.05) is 24.0 Å². The fourth-order valence-corrected chi connectivity index (χ4v) is 4.05. The quantitative estimate of drug-likeness (QED) is 0.791. The number of hydrogen-bond acceptors (Lipinski definition) is 3. The third-order valence-corrected chi connectivity index (χ3v) is 5.97. The number of nitrogens with zero attached hydrogens (tertiary/aromatic N) is 1. The van der Waals surface area contributed by atoms with E-state index in [0.717, 1.165) is 30.4 Å². The van der Waals surface area contributed by atoms with Crippen molar-refractivity contribution >= 4 is 11.8 Å². The molecule has 2 aromatic carbocycles. The molecule has 2 amide bonds. The molecule has 1 saturated carbocycles. The zero-order valence-electron chi connectivity index (χ0n) is 18.0. The second-order valence-corrected chi connectivity index (χ2v) is 8.41. The van der Waals surface area contributed by atoms with Crippen molar-refractivity contribution in [3.63, 3.8) is 0 Å². The maximum Gasteiger partial charge on any atom is 0.260 e. The van der Waals surface area contributed by atoms with Crippen LogP contribution in [0.2, 0.25) is 0 Å². The van der Waals surface area contributed by atoms with Crippen molar-refractivity contribution in [2.24, 2.45) is 0 Å². The summed E-state index contributed by atoms with van der Waals surface area (Å²) in [5.74, 6) is 0.734. The summed E-state index contributed by atoms with van der Waals surface area (Å²) in [6, 6.07) is 14.6. The lowest BCUT2D eigenvalue weighted by molar-refractivity contribution is -0.133. The van der Waals surface area contributed by atoms with Gasteiger partial charge in [-0.2, -0.15) is 0 Å². The van der Waals surface area contributed by atoms with Gasteiger partial charge in [-0.15, -0.1) is 0 Å². The number of benzene rings is 2. The first-order valence-electron chi connectivity index (χ1n) is 10.9. The number of carbonyl (C=O) groups excluding carboxylic acids is 2. The summed E-state index contributed by atoms with van der Waals surface area (Å²) in [5.41, 5.74) is 4.60. The number of carbonyl (C=O) groups is 2. The topological polar surface area (TPSA) is 58.6 Å². The van der Waals surface area contributed by atoms with Crippen molar-refractivity contribution in [2.45, 2.75) is 64.6 Å². The van der Waals surface area contributed by atoms with Gasteiger partial charge in [-0.3, -0.25) is 9.59 Å². The predicted octanol–water partition coefficient (Wildman–Crippen LogP) is 3.93. The van der Waals surface area contributed by atoms with Crippen LogP contribution in [0.15, 0.2) is 42.5 Å². The average Bonchev–Trinajstić information content (AvgIpc) is 3.57. The summed E-state index contributed by atoms with van der Waals surface area (Å²) < 4.78 is 5.98. The fourth-order valence-electron chi connectivity index (χ4n) is 4.05. The van der Waals surface area contributed by atoms with Gasteiger partial charge in [-0.1, -0.05) is 42.8 Å². The van der Waals surface area contributed by atoms with Crippen molar-refractivity contribution in [3.8, 4) is 5.75 Å². The van der Waals surface area contributed by atoms with Gasteiger partial charge in [0.15, 0.2) is 6.10 Å². The van der Waals surface area contributed by atoms with Crippen molar-refractivity contribution in [1.82, 2.24) is 10.2 Å². The van der Waals surface area contributed by atoms with E-state index in [2.05, 4.69) is 42.6 Å². The molecule has 0 spiro atoms. The van der Waals surface area contributed by atoms with E-state index >= 15 is 0 Å². The lowest BCUT2D eigenvalue weighted by atomic mass is 9.87. The smallest absolute Gasteiger partial charge is 0.260 e. The number of aryl methyl sites for hydroxylation is 1. The SMILES string of the molecule is CCC(=O)N1CCc2ccc(O[C@H](C)C(=O)NC3CC3)cc2[C@H]1c1ccc(C)cc1. The summed E-state index contributed by atoms with van der Waals surface area (Å²) >= 11 is 0. The molecule has 1 N–H and O–H groups in total. The Morgan fingerprint density at radius 2 is 1.90 bits per heavy atom. The van der Waals surface area contributed by atoms with Crippen LogP contribution in [0.3, 0.4) is 0 Å². The molecule has 5 nitrogen and oxygen atoms in total. The molecule has 5 heteroatoms. The first-order valence-corrected chi connectivity index (χ1v) is 10.9. The third-order valence-electron chi connectivity index (χ3n) is 5.97. The van der Waals surface area contributed by atoms with Gasteiger partial charge in [-0.25, -0.2) is 0 Å². The third kappa shape index (κ3) is 4.35. The first-order chi connectivity index (χ1) is 14.5. The monoisotopic (exact) mass is 406 g/mol. The highest BCUT2D eigenvalue weighted by Gasteiger charge is 2.32. The van der Waals surface area contributed by atoms with E-state index in [1.165, 1.54) is 11.1 Å². The molecule has 2 atom stereocenters. The molecule has 4 rings (SSSR count). The van der Waals surface area contributed by atoms with Gasteiger partial charge in [-0.05, 0) is 61.9 Å². The highest BCUT2D eigenvalue weighted by atomic mass is 16.5. The normalized spacial score (nSPS) is 19.0. The summed E-state index contributed by atoms with van der Waals surface area (Å²) in [7, 11) is 0. The van der Waals surface area contributed by atoms with Gasteiger partial charge in [0.05, 0.1) is 6.04 Å². The molecule has 1 fully saturated rings. The molecule has 2 aliphatic rings. The minimum Gasteiger partial charge on any atom is -0.481 e. The Hall–Kier alpha value is -2.82. The highest BCUT2D eigenvalue weighted by molar-refractivity contribution is 5.81. The van der Waals surface area contributed by atoms with Crippen molar-refractivity contribution in [3.05, 3.63) is 64.7 Å². The molecular formula is C25H30N2O3. The summed E-state index contributed by atoms with van der Waals surface area (Å²) in [5, 5.41) is 2.99. The number of fused-ring (bicyclic) bond motifs is 1. The van der Waals surface area contributed by atoms with E-state index in [-0.39, 0.29) is 17.9 Å². The van der Waals surface area contributed by atoms with Crippen LogP contribution in [0.5, 0.6) is 5.75 Å². The number of nitrogens with one attached hydrogen (secondary N) is 1. The lowest BCUT2D eigenvalue weighted by Gasteiger charge is -2.38. The molecule has 0 aromatic heterocycles. The van der Waals surface area contributed by atoms with Crippen LogP contribution in [0.1, 0.15) is 61.4 Å². The van der Waals surface area contributed by atoms with Gasteiger partial charge in [0.2, 0.25) is 5.91 Å². The predicted molar refractivity (Wildman–Crippen MR) is 116 cm³/mol. The molecule has 158 valence electrons.